The van der Waals surface area contributed by atoms with Crippen LogP contribution < -0.4 is 9.80 Å². The lowest BCUT2D eigenvalue weighted by Gasteiger charge is -2.31. The van der Waals surface area contributed by atoms with Crippen molar-refractivity contribution < 1.29 is 0 Å². The van der Waals surface area contributed by atoms with Gasteiger partial charge >= 0.3 is 0 Å². The molecule has 0 saturated carbocycles. The number of hydrogen-bond acceptors (Lipinski definition) is 2. The van der Waals surface area contributed by atoms with E-state index in [4.69, 9.17) is 0 Å². The Morgan fingerprint density at radius 1 is 0.381 bits per heavy atom. The molecule has 8 aromatic rings. The summed E-state index contributed by atoms with van der Waals surface area (Å²) in [4.78, 5) is 5.21. The fraction of sp³-hybridized carbons (Fsp3) is 0.311. The van der Waals surface area contributed by atoms with Crippen LogP contribution in [0.25, 0.3) is 32.3 Å². The second-order valence-electron chi connectivity index (χ2n) is 21.1. The van der Waals surface area contributed by atoms with Gasteiger partial charge in [-0.15, -0.1) is 0 Å². The van der Waals surface area contributed by atoms with Gasteiger partial charge in [0.15, 0.2) is 0 Å². The summed E-state index contributed by atoms with van der Waals surface area (Å²) in [7, 11) is 0. The second kappa shape index (κ2) is 14.3. The summed E-state index contributed by atoms with van der Waals surface area (Å²) in [5, 5.41) is 7.78. The SMILES string of the molecule is CC(C)c1ccc2c(c1)c(N(c1ccc3c(c1)CCC3)c1ccc3c(c1)CCC3(C)C)cc1c3ccccc3c(N(c3ccc4c(c3)CCC4)c3ccc4c(c3)CCC4(C)C)cc21. The van der Waals surface area contributed by atoms with Crippen molar-refractivity contribution in [3.8, 4) is 0 Å². The molecule has 0 amide bonds. The van der Waals surface area contributed by atoms with Gasteiger partial charge in [0.25, 0.3) is 0 Å². The van der Waals surface area contributed by atoms with Crippen molar-refractivity contribution in [2.75, 3.05) is 9.80 Å². The Morgan fingerprint density at radius 2 is 0.825 bits per heavy atom. The molecule has 314 valence electrons. The number of fused-ring (bicyclic) bond motifs is 9. The van der Waals surface area contributed by atoms with Crippen molar-refractivity contribution in [3.63, 3.8) is 0 Å². The maximum absolute atomic E-state index is 2.61. The first-order valence-electron chi connectivity index (χ1n) is 24.0. The summed E-state index contributed by atoms with van der Waals surface area (Å²) in [6.07, 6.45) is 11.8. The minimum atomic E-state index is 0.203. The third-order valence-corrected chi connectivity index (χ3v) is 16.0. The highest BCUT2D eigenvalue weighted by molar-refractivity contribution is 6.24. The number of benzene rings is 8. The van der Waals surface area contributed by atoms with Crippen molar-refractivity contribution in [2.24, 2.45) is 0 Å². The quantitative estimate of drug-likeness (QED) is 0.148. The Morgan fingerprint density at radius 3 is 1.35 bits per heavy atom. The lowest BCUT2D eigenvalue weighted by molar-refractivity contribution is 0.522. The van der Waals surface area contributed by atoms with Crippen LogP contribution in [0.1, 0.15) is 123 Å². The topological polar surface area (TPSA) is 6.48 Å². The highest BCUT2D eigenvalue weighted by Crippen LogP contribution is 2.51. The molecule has 0 atom stereocenters. The Kier molecular flexibility index (Phi) is 8.82. The van der Waals surface area contributed by atoms with Gasteiger partial charge in [-0.2, -0.15) is 0 Å². The zero-order chi connectivity index (χ0) is 42.8. The summed E-state index contributed by atoms with van der Waals surface area (Å²) >= 11 is 0. The molecule has 0 spiro atoms. The summed E-state index contributed by atoms with van der Waals surface area (Å²) in [6, 6.07) is 51.0. The molecule has 0 aliphatic heterocycles. The Balaban J connectivity index is 1.15. The lowest BCUT2D eigenvalue weighted by atomic mass is 9.86. The van der Waals surface area contributed by atoms with E-state index in [-0.39, 0.29) is 10.8 Å². The third-order valence-electron chi connectivity index (χ3n) is 16.0. The maximum atomic E-state index is 2.61. The van der Waals surface area contributed by atoms with E-state index in [9.17, 15) is 0 Å². The van der Waals surface area contributed by atoms with Crippen molar-refractivity contribution in [2.45, 2.75) is 122 Å². The lowest BCUT2D eigenvalue weighted by Crippen LogP contribution is -2.14. The van der Waals surface area contributed by atoms with Gasteiger partial charge in [-0.25, -0.2) is 0 Å². The molecular weight excluding hydrogens is 761 g/mol. The average molecular weight is 821 g/mol. The van der Waals surface area contributed by atoms with Crippen LogP contribution >= 0.6 is 0 Å². The molecule has 4 aliphatic carbocycles. The minimum Gasteiger partial charge on any atom is -0.310 e. The molecule has 0 fully saturated rings. The van der Waals surface area contributed by atoms with Crippen LogP contribution in [0.3, 0.4) is 0 Å². The van der Waals surface area contributed by atoms with Crippen LogP contribution in [0.4, 0.5) is 34.1 Å². The largest absolute Gasteiger partial charge is 0.310 e. The van der Waals surface area contributed by atoms with E-state index in [2.05, 4.69) is 179 Å². The van der Waals surface area contributed by atoms with Crippen LogP contribution in [0.5, 0.6) is 0 Å². The molecule has 2 nitrogen and oxygen atoms in total. The molecule has 0 unspecified atom stereocenters. The number of hydrogen-bond donors (Lipinski definition) is 0. The first-order valence-corrected chi connectivity index (χ1v) is 24.0. The van der Waals surface area contributed by atoms with E-state index in [1.807, 2.05) is 0 Å². The molecule has 8 aromatic carbocycles. The highest BCUT2D eigenvalue weighted by atomic mass is 15.2. The Bertz CT molecular complexity index is 3180. The monoisotopic (exact) mass is 820 g/mol. The van der Waals surface area contributed by atoms with E-state index in [1.165, 1.54) is 155 Å². The zero-order valence-corrected chi connectivity index (χ0v) is 38.2. The molecule has 0 bridgehead atoms. The summed E-state index contributed by atoms with van der Waals surface area (Å²) in [5.74, 6) is 0.404. The van der Waals surface area contributed by atoms with Gasteiger partial charge in [0, 0.05) is 33.5 Å². The molecule has 0 saturated heterocycles. The normalized spacial score (nSPS) is 16.8. The molecule has 0 aromatic heterocycles. The molecule has 0 N–H and O–H groups in total. The summed E-state index contributed by atoms with van der Waals surface area (Å²) in [5.41, 5.74) is 21.3. The molecule has 2 heteroatoms. The van der Waals surface area contributed by atoms with Gasteiger partial charge in [-0.1, -0.05) is 102 Å². The maximum Gasteiger partial charge on any atom is 0.0546 e. The summed E-state index contributed by atoms with van der Waals surface area (Å²) in [6.45, 7) is 14.3. The van der Waals surface area contributed by atoms with Crippen LogP contribution in [-0.2, 0) is 49.4 Å². The van der Waals surface area contributed by atoms with Crippen molar-refractivity contribution in [1.29, 1.82) is 0 Å². The van der Waals surface area contributed by atoms with Gasteiger partial charge in [-0.05, 0) is 219 Å². The first-order chi connectivity index (χ1) is 30.5. The number of nitrogens with zero attached hydrogens (tertiary/aromatic N) is 2. The fourth-order valence-corrected chi connectivity index (χ4v) is 12.3. The summed E-state index contributed by atoms with van der Waals surface area (Å²) < 4.78 is 0. The third kappa shape index (κ3) is 6.26. The minimum absolute atomic E-state index is 0.203. The number of anilines is 6. The van der Waals surface area contributed by atoms with Crippen LogP contribution in [0.2, 0.25) is 0 Å². The van der Waals surface area contributed by atoms with E-state index >= 15 is 0 Å². The molecule has 4 aliphatic rings. The van der Waals surface area contributed by atoms with E-state index < -0.39 is 0 Å². The predicted octanol–water partition coefficient (Wildman–Crippen LogP) is 16.6. The van der Waals surface area contributed by atoms with E-state index in [1.54, 1.807) is 0 Å². The average Bonchev–Trinajstić information content (AvgIpc) is 4.09. The molecular formula is C61H60N2. The fourth-order valence-electron chi connectivity index (χ4n) is 12.3. The predicted molar refractivity (Wildman–Crippen MR) is 269 cm³/mol. The van der Waals surface area contributed by atoms with Gasteiger partial charge in [0.1, 0.15) is 0 Å². The van der Waals surface area contributed by atoms with Crippen molar-refractivity contribution in [3.05, 3.63) is 177 Å². The standard InChI is InChI=1S/C61H60N2/c1-38(2)41-19-24-51-54-36-58(62(46-20-17-39-11-9-13-42(39)31-46)48-22-25-56-44(33-48)27-29-60(56,3)4)52-16-8-7-15-50(52)53(54)37-59(55(51)35-41)63(47-21-18-40-12-10-14-43(40)32-47)49-23-26-57-45(34-49)28-30-61(57,5)6/h7-8,15-26,31-38H,9-14,27-30H2,1-6H3. The van der Waals surface area contributed by atoms with Crippen LogP contribution in [0, 0.1) is 0 Å². The van der Waals surface area contributed by atoms with Crippen molar-refractivity contribution >= 4 is 66.4 Å². The Hall–Kier alpha value is -5.86. The van der Waals surface area contributed by atoms with Gasteiger partial charge in [0.2, 0.25) is 0 Å². The Labute approximate surface area is 374 Å². The van der Waals surface area contributed by atoms with Crippen LogP contribution in [-0.4, -0.2) is 0 Å². The van der Waals surface area contributed by atoms with Gasteiger partial charge in [0.05, 0.1) is 11.4 Å². The first kappa shape index (κ1) is 38.8. The van der Waals surface area contributed by atoms with Gasteiger partial charge in [-0.3, -0.25) is 0 Å². The molecule has 63 heavy (non-hydrogen) atoms. The zero-order valence-electron chi connectivity index (χ0n) is 38.2. The van der Waals surface area contributed by atoms with E-state index in [0.717, 1.165) is 25.7 Å². The van der Waals surface area contributed by atoms with Gasteiger partial charge < -0.3 is 9.80 Å². The second-order valence-corrected chi connectivity index (χ2v) is 21.1. The number of aryl methyl sites for hydroxylation is 6. The molecule has 0 heterocycles. The molecule has 0 radical (unpaired) electrons. The van der Waals surface area contributed by atoms with Crippen molar-refractivity contribution in [1.82, 2.24) is 0 Å². The van der Waals surface area contributed by atoms with Crippen LogP contribution in [0.15, 0.2) is 127 Å². The molecule has 12 rings (SSSR count). The van der Waals surface area contributed by atoms with E-state index in [0.29, 0.717) is 5.92 Å². The highest BCUT2D eigenvalue weighted by Gasteiger charge is 2.33. The number of rotatable bonds is 7. The smallest absolute Gasteiger partial charge is 0.0546 e.